The molecule has 0 fully saturated rings. The number of benzene rings is 1. The lowest BCUT2D eigenvalue weighted by molar-refractivity contribution is 0.770. The lowest BCUT2D eigenvalue weighted by Crippen LogP contribution is -2.23. The molecule has 0 amide bonds. The van der Waals surface area contributed by atoms with Crippen molar-refractivity contribution in [2.45, 2.75) is 26.2 Å². The van der Waals surface area contributed by atoms with Crippen molar-refractivity contribution in [1.29, 1.82) is 0 Å². The minimum Gasteiger partial charge on any atom is -0.297 e. The smallest absolute Gasteiger partial charge is 0.276 e. The third kappa shape index (κ3) is 2.76. The van der Waals surface area contributed by atoms with E-state index in [4.69, 9.17) is 23.2 Å². The van der Waals surface area contributed by atoms with Gasteiger partial charge in [-0.3, -0.25) is 9.89 Å². The Balaban J connectivity index is 2.18. The van der Waals surface area contributed by atoms with Gasteiger partial charge in [-0.1, -0.05) is 37.0 Å². The highest BCUT2D eigenvalue weighted by Gasteiger charge is 2.16. The van der Waals surface area contributed by atoms with Crippen LogP contribution in [0.15, 0.2) is 35.3 Å². The van der Waals surface area contributed by atoms with Crippen LogP contribution in [-0.2, 0) is 6.42 Å². The van der Waals surface area contributed by atoms with Gasteiger partial charge in [0.15, 0.2) is 5.65 Å². The molecule has 0 aliphatic carbocycles. The molecular formula is C16H15Cl2N3O. The van der Waals surface area contributed by atoms with Crippen molar-refractivity contribution >= 4 is 28.8 Å². The first-order valence-electron chi connectivity index (χ1n) is 6.99. The number of nitrogens with zero attached hydrogens (tertiary/aromatic N) is 2. The molecule has 2 aromatic heterocycles. The van der Waals surface area contributed by atoms with Crippen molar-refractivity contribution in [2.75, 3.05) is 0 Å². The zero-order chi connectivity index (χ0) is 15.9. The molecule has 4 nitrogen and oxygen atoms in total. The number of halogens is 2. The molecule has 3 aromatic rings. The first-order valence-corrected chi connectivity index (χ1v) is 7.75. The molecule has 0 bridgehead atoms. The quantitative estimate of drug-likeness (QED) is 0.785. The molecule has 1 N–H and O–H groups in total. The topological polar surface area (TPSA) is 50.2 Å². The molecule has 0 saturated carbocycles. The highest BCUT2D eigenvalue weighted by molar-refractivity contribution is 6.34. The maximum absolute atomic E-state index is 12.7. The van der Waals surface area contributed by atoms with Gasteiger partial charge in [0.25, 0.3) is 5.56 Å². The summed E-state index contributed by atoms with van der Waals surface area (Å²) in [5.41, 5.74) is 2.90. The number of aromatic nitrogens is 3. The van der Waals surface area contributed by atoms with E-state index < -0.39 is 0 Å². The Labute approximate surface area is 137 Å². The Morgan fingerprint density at radius 1 is 1.23 bits per heavy atom. The Morgan fingerprint density at radius 3 is 2.55 bits per heavy atom. The van der Waals surface area contributed by atoms with Crippen LogP contribution in [-0.4, -0.2) is 14.6 Å². The second-order valence-electron chi connectivity index (χ2n) is 5.55. The molecule has 0 aliphatic heterocycles. The van der Waals surface area contributed by atoms with E-state index in [9.17, 15) is 4.79 Å². The molecule has 114 valence electrons. The molecule has 22 heavy (non-hydrogen) atoms. The fourth-order valence-electron chi connectivity index (χ4n) is 2.57. The largest absolute Gasteiger partial charge is 0.297 e. The molecular weight excluding hydrogens is 321 g/mol. The number of H-pyrrole nitrogens is 1. The van der Waals surface area contributed by atoms with E-state index in [0.717, 1.165) is 11.3 Å². The number of hydrogen-bond acceptors (Lipinski definition) is 2. The van der Waals surface area contributed by atoms with Crippen molar-refractivity contribution in [3.8, 4) is 0 Å². The van der Waals surface area contributed by atoms with Crippen LogP contribution < -0.4 is 5.56 Å². The molecule has 3 rings (SSSR count). The van der Waals surface area contributed by atoms with Crippen molar-refractivity contribution < 1.29 is 0 Å². The third-order valence-electron chi connectivity index (χ3n) is 3.52. The van der Waals surface area contributed by atoms with Gasteiger partial charge >= 0.3 is 0 Å². The average molecular weight is 336 g/mol. The molecule has 0 unspecified atom stereocenters. The van der Waals surface area contributed by atoms with Crippen LogP contribution in [0.5, 0.6) is 0 Å². The minimum atomic E-state index is -0.0882. The maximum atomic E-state index is 12.7. The summed E-state index contributed by atoms with van der Waals surface area (Å²) in [5, 5.41) is 4.01. The van der Waals surface area contributed by atoms with E-state index in [-0.39, 0.29) is 11.5 Å². The van der Waals surface area contributed by atoms with E-state index in [1.54, 1.807) is 18.3 Å². The standard InChI is InChI=1S/C16H15Cl2N3O/c1-9(2)15-13(7-10-5-11(17)8-12(18)6-10)16(22)21-14(20-15)3-4-19-21/h3-6,8-9,19H,7H2,1-2H3. The monoisotopic (exact) mass is 335 g/mol. The van der Waals surface area contributed by atoms with Gasteiger partial charge < -0.3 is 0 Å². The fraction of sp³-hybridized carbons (Fsp3) is 0.250. The zero-order valence-corrected chi connectivity index (χ0v) is 13.7. The highest BCUT2D eigenvalue weighted by Crippen LogP contribution is 2.23. The second-order valence-corrected chi connectivity index (χ2v) is 6.42. The molecule has 1 aromatic carbocycles. The number of fused-ring (bicyclic) bond motifs is 1. The van der Waals surface area contributed by atoms with E-state index in [0.29, 0.717) is 27.7 Å². The van der Waals surface area contributed by atoms with Gasteiger partial charge in [0.05, 0.1) is 5.69 Å². The summed E-state index contributed by atoms with van der Waals surface area (Å²) in [5.74, 6) is 0.150. The van der Waals surface area contributed by atoms with E-state index in [1.807, 2.05) is 26.0 Å². The molecule has 0 saturated heterocycles. The first kappa shape index (κ1) is 15.1. The molecule has 0 atom stereocenters. The van der Waals surface area contributed by atoms with Crippen molar-refractivity contribution in [3.63, 3.8) is 0 Å². The average Bonchev–Trinajstić information content (AvgIpc) is 2.89. The lowest BCUT2D eigenvalue weighted by Gasteiger charge is -2.12. The summed E-state index contributed by atoms with van der Waals surface area (Å²) in [7, 11) is 0. The summed E-state index contributed by atoms with van der Waals surface area (Å²) in [6.07, 6.45) is 2.15. The van der Waals surface area contributed by atoms with Crippen LogP contribution in [0.25, 0.3) is 5.65 Å². The number of rotatable bonds is 3. The van der Waals surface area contributed by atoms with Gasteiger partial charge in [0.1, 0.15) is 0 Å². The summed E-state index contributed by atoms with van der Waals surface area (Å²) >= 11 is 12.1. The molecule has 0 spiro atoms. The van der Waals surface area contributed by atoms with Crippen LogP contribution in [0.2, 0.25) is 10.0 Å². The molecule has 6 heteroatoms. The normalized spacial score (nSPS) is 11.5. The zero-order valence-electron chi connectivity index (χ0n) is 12.2. The minimum absolute atomic E-state index is 0.0882. The number of aromatic amines is 1. The third-order valence-corrected chi connectivity index (χ3v) is 3.96. The van der Waals surface area contributed by atoms with Gasteiger partial charge in [0, 0.05) is 34.3 Å². The maximum Gasteiger partial charge on any atom is 0.276 e. The Kier molecular flexibility index (Phi) is 3.98. The van der Waals surface area contributed by atoms with E-state index in [2.05, 4.69) is 10.1 Å². The lowest BCUT2D eigenvalue weighted by atomic mass is 9.99. The summed E-state index contributed by atoms with van der Waals surface area (Å²) in [6, 6.07) is 7.10. The van der Waals surface area contributed by atoms with Crippen LogP contribution >= 0.6 is 23.2 Å². The SMILES string of the molecule is CC(C)c1nc2cc[nH]n2c(=O)c1Cc1cc(Cl)cc(Cl)c1. The predicted octanol–water partition coefficient (Wildman–Crippen LogP) is 4.04. The van der Waals surface area contributed by atoms with Gasteiger partial charge in [0.2, 0.25) is 0 Å². The van der Waals surface area contributed by atoms with Crippen molar-refractivity contribution in [1.82, 2.24) is 14.6 Å². The van der Waals surface area contributed by atoms with Gasteiger partial charge in [-0.25, -0.2) is 9.50 Å². The van der Waals surface area contributed by atoms with Crippen LogP contribution in [0.3, 0.4) is 0 Å². The summed E-state index contributed by atoms with van der Waals surface area (Å²) in [6.45, 7) is 4.05. The Bertz CT molecular complexity index is 876. The van der Waals surface area contributed by atoms with Crippen molar-refractivity contribution in [2.24, 2.45) is 0 Å². The van der Waals surface area contributed by atoms with Gasteiger partial charge in [-0.15, -0.1) is 0 Å². The van der Waals surface area contributed by atoms with E-state index >= 15 is 0 Å². The van der Waals surface area contributed by atoms with Crippen LogP contribution in [0, 0.1) is 0 Å². The van der Waals surface area contributed by atoms with Crippen LogP contribution in [0.4, 0.5) is 0 Å². The van der Waals surface area contributed by atoms with Gasteiger partial charge in [-0.05, 0) is 29.7 Å². The van der Waals surface area contributed by atoms with Crippen LogP contribution in [0.1, 0.15) is 36.6 Å². The second kappa shape index (κ2) is 5.78. The Morgan fingerprint density at radius 2 is 1.91 bits per heavy atom. The Hall–Kier alpha value is -1.78. The number of nitrogens with one attached hydrogen (secondary N) is 1. The molecule has 2 heterocycles. The fourth-order valence-corrected chi connectivity index (χ4v) is 3.14. The summed E-state index contributed by atoms with van der Waals surface area (Å²) < 4.78 is 1.45. The molecule has 0 aliphatic rings. The van der Waals surface area contributed by atoms with Gasteiger partial charge in [-0.2, -0.15) is 0 Å². The molecule has 0 radical (unpaired) electrons. The van der Waals surface area contributed by atoms with E-state index in [1.165, 1.54) is 4.52 Å². The summed E-state index contributed by atoms with van der Waals surface area (Å²) in [4.78, 5) is 17.3. The first-order chi connectivity index (χ1) is 10.5. The van der Waals surface area contributed by atoms with Crippen molar-refractivity contribution in [3.05, 3.63) is 67.7 Å². The number of hydrogen-bond donors (Lipinski definition) is 1. The predicted molar refractivity (Wildman–Crippen MR) is 89.2 cm³/mol. The highest BCUT2D eigenvalue weighted by atomic mass is 35.5.